The van der Waals surface area contributed by atoms with Gasteiger partial charge in [-0.15, -0.1) is 0 Å². The minimum Gasteiger partial charge on any atom is -0.496 e. The number of hydrogen-bond donors (Lipinski definition) is 1. The van der Waals surface area contributed by atoms with E-state index in [9.17, 15) is 4.79 Å². The molecule has 1 aromatic carbocycles. The van der Waals surface area contributed by atoms with Gasteiger partial charge in [-0.2, -0.15) is 0 Å². The maximum Gasteiger partial charge on any atom is 0.227 e. The van der Waals surface area contributed by atoms with Gasteiger partial charge < -0.3 is 15.4 Å². The highest BCUT2D eigenvalue weighted by molar-refractivity contribution is 5.79. The fourth-order valence-corrected chi connectivity index (χ4v) is 3.51. The number of methoxy groups -OCH3 is 1. The number of hydrogen-bond acceptors (Lipinski definition) is 5. The van der Waals surface area contributed by atoms with Crippen LogP contribution in [0.1, 0.15) is 30.5 Å². The lowest BCUT2D eigenvalue weighted by Gasteiger charge is -2.21. The van der Waals surface area contributed by atoms with Gasteiger partial charge in [0.1, 0.15) is 11.6 Å². The van der Waals surface area contributed by atoms with Crippen molar-refractivity contribution in [1.82, 2.24) is 14.9 Å². The molecule has 0 spiro atoms. The van der Waals surface area contributed by atoms with Crippen LogP contribution in [0.3, 0.4) is 0 Å². The number of para-hydroxylation sites is 1. The molecule has 0 saturated carbocycles. The van der Waals surface area contributed by atoms with E-state index in [2.05, 4.69) is 9.97 Å². The van der Waals surface area contributed by atoms with Gasteiger partial charge in [0.15, 0.2) is 0 Å². The summed E-state index contributed by atoms with van der Waals surface area (Å²) in [7, 11) is 1.64. The quantitative estimate of drug-likeness (QED) is 0.892. The molecule has 138 valence electrons. The topological polar surface area (TPSA) is 81.3 Å². The fourth-order valence-electron chi connectivity index (χ4n) is 3.51. The van der Waals surface area contributed by atoms with Crippen LogP contribution in [0.2, 0.25) is 0 Å². The van der Waals surface area contributed by atoms with Crippen molar-refractivity contribution in [2.45, 2.75) is 32.1 Å². The zero-order chi connectivity index (χ0) is 18.4. The predicted molar refractivity (Wildman–Crippen MR) is 101 cm³/mol. The van der Waals surface area contributed by atoms with E-state index in [-0.39, 0.29) is 5.91 Å². The summed E-state index contributed by atoms with van der Waals surface area (Å²) in [6.07, 6.45) is 7.75. The molecular weight excluding hydrogens is 328 g/mol. The first kappa shape index (κ1) is 18.2. The van der Waals surface area contributed by atoms with E-state index in [1.807, 2.05) is 29.2 Å². The Kier molecular flexibility index (Phi) is 6.04. The van der Waals surface area contributed by atoms with Gasteiger partial charge in [0.25, 0.3) is 0 Å². The zero-order valence-electron chi connectivity index (χ0n) is 15.2. The van der Waals surface area contributed by atoms with Gasteiger partial charge in [0.05, 0.1) is 31.6 Å². The van der Waals surface area contributed by atoms with Gasteiger partial charge >= 0.3 is 0 Å². The minimum atomic E-state index is 0.169. The standard InChI is InChI=1S/C20H26N4O2/c1-26-18-7-3-2-6-16(18)12-20(25)24-9-4-5-15(8-10-24)11-17-13-23-19(21)14-22-17/h2-3,6-7,13-15H,4-5,8-12H2,1H3,(H2,21,23). The van der Waals surface area contributed by atoms with Gasteiger partial charge in [-0.05, 0) is 37.7 Å². The van der Waals surface area contributed by atoms with Crippen LogP contribution in [-0.2, 0) is 17.6 Å². The van der Waals surface area contributed by atoms with Gasteiger partial charge in [0, 0.05) is 18.7 Å². The Hall–Kier alpha value is -2.63. The van der Waals surface area contributed by atoms with Crippen molar-refractivity contribution < 1.29 is 9.53 Å². The average molecular weight is 354 g/mol. The molecule has 2 heterocycles. The first-order chi connectivity index (χ1) is 12.7. The number of benzene rings is 1. The Morgan fingerprint density at radius 3 is 2.85 bits per heavy atom. The Morgan fingerprint density at radius 2 is 2.08 bits per heavy atom. The lowest BCUT2D eigenvalue weighted by Crippen LogP contribution is -2.33. The maximum absolute atomic E-state index is 12.7. The molecule has 1 aliphatic heterocycles. The summed E-state index contributed by atoms with van der Waals surface area (Å²) in [6.45, 7) is 1.61. The van der Waals surface area contributed by atoms with Crippen molar-refractivity contribution in [2.24, 2.45) is 5.92 Å². The van der Waals surface area contributed by atoms with Crippen LogP contribution < -0.4 is 10.5 Å². The largest absolute Gasteiger partial charge is 0.496 e. The summed E-state index contributed by atoms with van der Waals surface area (Å²) in [4.78, 5) is 23.2. The molecule has 3 rings (SSSR count). The maximum atomic E-state index is 12.7. The Balaban J connectivity index is 1.56. The van der Waals surface area contributed by atoms with E-state index in [1.54, 1.807) is 19.5 Å². The van der Waals surface area contributed by atoms with E-state index in [1.165, 1.54) is 0 Å². The molecular formula is C20H26N4O2. The Bertz CT molecular complexity index is 733. The van der Waals surface area contributed by atoms with Crippen molar-refractivity contribution in [3.8, 4) is 5.75 Å². The van der Waals surface area contributed by atoms with Crippen LogP contribution in [0.25, 0.3) is 0 Å². The number of anilines is 1. The second-order valence-electron chi connectivity index (χ2n) is 6.80. The van der Waals surface area contributed by atoms with Crippen molar-refractivity contribution in [2.75, 3.05) is 25.9 Å². The molecule has 2 N–H and O–H groups in total. The minimum absolute atomic E-state index is 0.169. The number of carbonyl (C=O) groups excluding carboxylic acids is 1. The summed E-state index contributed by atoms with van der Waals surface area (Å²) < 4.78 is 5.36. The lowest BCUT2D eigenvalue weighted by molar-refractivity contribution is -0.130. The molecule has 26 heavy (non-hydrogen) atoms. The zero-order valence-corrected chi connectivity index (χ0v) is 15.2. The molecule has 1 unspecified atom stereocenters. The molecule has 0 radical (unpaired) electrons. The van der Waals surface area contributed by atoms with Crippen LogP contribution in [-0.4, -0.2) is 41.0 Å². The van der Waals surface area contributed by atoms with E-state index in [0.717, 1.165) is 55.8 Å². The van der Waals surface area contributed by atoms with Crippen molar-refractivity contribution in [3.05, 3.63) is 47.9 Å². The molecule has 0 bridgehead atoms. The summed E-state index contributed by atoms with van der Waals surface area (Å²) in [5, 5.41) is 0. The molecule has 1 aliphatic rings. The van der Waals surface area contributed by atoms with Crippen LogP contribution in [0.15, 0.2) is 36.7 Å². The summed E-state index contributed by atoms with van der Waals surface area (Å²) in [5.74, 6) is 1.91. The first-order valence-corrected chi connectivity index (χ1v) is 9.11. The third-order valence-corrected chi connectivity index (χ3v) is 4.96. The van der Waals surface area contributed by atoms with Crippen LogP contribution >= 0.6 is 0 Å². The number of rotatable bonds is 5. The molecule has 6 heteroatoms. The smallest absolute Gasteiger partial charge is 0.227 e. The van der Waals surface area contributed by atoms with Crippen LogP contribution in [0.5, 0.6) is 5.75 Å². The number of nitrogen functional groups attached to an aromatic ring is 1. The van der Waals surface area contributed by atoms with Crippen LogP contribution in [0.4, 0.5) is 5.82 Å². The van der Waals surface area contributed by atoms with Gasteiger partial charge in [-0.25, -0.2) is 4.98 Å². The molecule has 1 aromatic heterocycles. The highest BCUT2D eigenvalue weighted by atomic mass is 16.5. The third-order valence-electron chi connectivity index (χ3n) is 4.96. The van der Waals surface area contributed by atoms with Crippen LogP contribution in [0, 0.1) is 5.92 Å². The molecule has 1 amide bonds. The van der Waals surface area contributed by atoms with Crippen molar-refractivity contribution >= 4 is 11.7 Å². The molecule has 2 aromatic rings. The highest BCUT2D eigenvalue weighted by Crippen LogP contribution is 2.23. The van der Waals surface area contributed by atoms with E-state index in [0.29, 0.717) is 18.2 Å². The van der Waals surface area contributed by atoms with E-state index >= 15 is 0 Å². The molecule has 1 atom stereocenters. The normalized spacial score (nSPS) is 17.6. The third kappa shape index (κ3) is 4.71. The Morgan fingerprint density at radius 1 is 1.23 bits per heavy atom. The molecule has 0 aliphatic carbocycles. The summed E-state index contributed by atoms with van der Waals surface area (Å²) >= 11 is 0. The van der Waals surface area contributed by atoms with Gasteiger partial charge in [-0.3, -0.25) is 9.78 Å². The van der Waals surface area contributed by atoms with Crippen molar-refractivity contribution in [1.29, 1.82) is 0 Å². The number of amides is 1. The van der Waals surface area contributed by atoms with Gasteiger partial charge in [0.2, 0.25) is 5.91 Å². The monoisotopic (exact) mass is 354 g/mol. The molecule has 1 saturated heterocycles. The number of aromatic nitrogens is 2. The number of nitrogens with zero attached hydrogens (tertiary/aromatic N) is 3. The highest BCUT2D eigenvalue weighted by Gasteiger charge is 2.22. The molecule has 1 fully saturated rings. The fraction of sp³-hybridized carbons (Fsp3) is 0.450. The van der Waals surface area contributed by atoms with Gasteiger partial charge in [-0.1, -0.05) is 18.2 Å². The SMILES string of the molecule is COc1ccccc1CC(=O)N1CCCC(Cc2cnc(N)cn2)CC1. The second-order valence-corrected chi connectivity index (χ2v) is 6.80. The lowest BCUT2D eigenvalue weighted by atomic mass is 9.95. The van der Waals surface area contributed by atoms with Crippen molar-refractivity contribution in [3.63, 3.8) is 0 Å². The van der Waals surface area contributed by atoms with E-state index < -0.39 is 0 Å². The number of ether oxygens (including phenoxy) is 1. The predicted octanol–water partition coefficient (Wildman–Crippen LogP) is 2.48. The number of likely N-dealkylation sites (tertiary alicyclic amines) is 1. The molecule has 6 nitrogen and oxygen atoms in total. The summed E-state index contributed by atoms with van der Waals surface area (Å²) in [6, 6.07) is 7.71. The average Bonchev–Trinajstić information content (AvgIpc) is 2.90. The second kappa shape index (κ2) is 8.65. The Labute approximate surface area is 154 Å². The van der Waals surface area contributed by atoms with E-state index in [4.69, 9.17) is 10.5 Å². The summed E-state index contributed by atoms with van der Waals surface area (Å²) in [5.41, 5.74) is 7.51. The first-order valence-electron chi connectivity index (χ1n) is 9.11. The number of carbonyl (C=O) groups is 1. The number of nitrogens with two attached hydrogens (primary N) is 1.